The molecule has 0 aromatic carbocycles. The predicted octanol–water partition coefficient (Wildman–Crippen LogP) is -0.155. The van der Waals surface area contributed by atoms with E-state index in [9.17, 15) is 4.79 Å². The zero-order chi connectivity index (χ0) is 9.42. The normalized spacial score (nSPS) is 10.6. The number of H-pyrrole nitrogens is 2. The fourth-order valence-corrected chi connectivity index (χ4v) is 1.30. The smallest absolute Gasteiger partial charge is 0.273 e. The van der Waals surface area contributed by atoms with E-state index in [0.29, 0.717) is 16.9 Å². The molecule has 13 heavy (non-hydrogen) atoms. The molecule has 68 valence electrons. The molecule has 0 amide bonds. The molecule has 5 N–H and O–H groups in total. The van der Waals surface area contributed by atoms with Crippen molar-refractivity contribution in [3.8, 4) is 0 Å². The topological polar surface area (TPSA) is 99.6 Å². The minimum Gasteiger partial charge on any atom is -0.308 e. The van der Waals surface area contributed by atoms with Crippen LogP contribution in [-0.2, 0) is 0 Å². The Balaban J connectivity index is 2.87. The van der Waals surface area contributed by atoms with Gasteiger partial charge >= 0.3 is 0 Å². The Morgan fingerprint density at radius 3 is 3.00 bits per heavy atom. The third kappa shape index (κ3) is 1.07. The van der Waals surface area contributed by atoms with Crippen molar-refractivity contribution in [1.29, 1.82) is 0 Å². The van der Waals surface area contributed by atoms with Gasteiger partial charge in [0.05, 0.1) is 5.39 Å². The van der Waals surface area contributed by atoms with Crippen LogP contribution in [0.2, 0.25) is 0 Å². The van der Waals surface area contributed by atoms with Gasteiger partial charge in [0.15, 0.2) is 5.65 Å². The lowest BCUT2D eigenvalue weighted by molar-refractivity contribution is 1.06. The summed E-state index contributed by atoms with van der Waals surface area (Å²) in [5.41, 5.74) is 3.60. The number of aromatic nitrogens is 3. The van der Waals surface area contributed by atoms with E-state index >= 15 is 0 Å². The number of rotatable bonds is 1. The van der Waals surface area contributed by atoms with Crippen LogP contribution in [0.1, 0.15) is 5.56 Å². The summed E-state index contributed by atoms with van der Waals surface area (Å²) in [4.78, 5) is 15.3. The molecule has 0 aliphatic rings. The molecule has 0 fully saturated rings. The highest BCUT2D eigenvalue weighted by Crippen LogP contribution is 2.13. The van der Waals surface area contributed by atoms with Crippen LogP contribution in [0.15, 0.2) is 10.9 Å². The lowest BCUT2D eigenvalue weighted by Gasteiger charge is -1.99. The molecule has 2 rings (SSSR count). The number of hydrogen-bond donors (Lipinski definition) is 4. The summed E-state index contributed by atoms with van der Waals surface area (Å²) in [7, 11) is 0. The first-order valence-corrected chi connectivity index (χ1v) is 3.77. The number of fused-ring (bicyclic) bond motifs is 1. The van der Waals surface area contributed by atoms with E-state index in [-0.39, 0.29) is 5.56 Å². The van der Waals surface area contributed by atoms with Crippen LogP contribution in [0, 0.1) is 6.92 Å². The van der Waals surface area contributed by atoms with Crippen molar-refractivity contribution in [1.82, 2.24) is 15.2 Å². The molecule has 0 aliphatic carbocycles. The van der Waals surface area contributed by atoms with Crippen molar-refractivity contribution in [2.45, 2.75) is 6.92 Å². The van der Waals surface area contributed by atoms with Crippen LogP contribution in [-0.4, -0.2) is 15.2 Å². The van der Waals surface area contributed by atoms with Gasteiger partial charge in [0.1, 0.15) is 5.82 Å². The summed E-state index contributed by atoms with van der Waals surface area (Å²) in [6, 6.07) is 1.71. The number of aromatic amines is 2. The second-order valence-corrected chi connectivity index (χ2v) is 2.77. The van der Waals surface area contributed by atoms with Gasteiger partial charge in [0.25, 0.3) is 5.56 Å². The van der Waals surface area contributed by atoms with E-state index in [1.54, 1.807) is 6.07 Å². The average molecular weight is 179 g/mol. The van der Waals surface area contributed by atoms with Gasteiger partial charge in [-0.25, -0.2) is 10.8 Å². The molecule has 0 aliphatic heterocycles. The summed E-state index contributed by atoms with van der Waals surface area (Å²) in [6.45, 7) is 1.83. The first-order valence-electron chi connectivity index (χ1n) is 3.77. The number of hydrogen-bond acceptors (Lipinski definition) is 4. The first kappa shape index (κ1) is 7.81. The van der Waals surface area contributed by atoms with Crippen molar-refractivity contribution >= 4 is 16.9 Å². The van der Waals surface area contributed by atoms with Crippen LogP contribution in [0.25, 0.3) is 11.0 Å². The van der Waals surface area contributed by atoms with Gasteiger partial charge in [0, 0.05) is 0 Å². The van der Waals surface area contributed by atoms with Crippen molar-refractivity contribution < 1.29 is 0 Å². The molecule has 0 spiro atoms. The highest BCUT2D eigenvalue weighted by atomic mass is 16.1. The standard InChI is InChI=1S/C7H9N5O/c1-3-2-4(10-8)9-6-5(3)7(13)12-11-6/h2H,8H2,1H3,(H3,9,10,11,12,13). The monoisotopic (exact) mass is 179 g/mol. The minimum atomic E-state index is -0.163. The summed E-state index contributed by atoms with van der Waals surface area (Å²) in [5, 5.41) is 5.68. The maximum absolute atomic E-state index is 11.2. The van der Waals surface area contributed by atoms with Gasteiger partial charge in [-0.3, -0.25) is 15.0 Å². The molecule has 2 aromatic rings. The number of nitrogens with two attached hydrogens (primary N) is 1. The fourth-order valence-electron chi connectivity index (χ4n) is 1.30. The fraction of sp³-hybridized carbons (Fsp3) is 0.143. The van der Waals surface area contributed by atoms with Gasteiger partial charge in [-0.1, -0.05) is 0 Å². The predicted molar refractivity (Wildman–Crippen MR) is 49.3 cm³/mol. The van der Waals surface area contributed by atoms with Crippen molar-refractivity contribution in [3.05, 3.63) is 22.0 Å². The molecule has 0 atom stereocenters. The second-order valence-electron chi connectivity index (χ2n) is 2.77. The van der Waals surface area contributed by atoms with Crippen LogP contribution in [0.5, 0.6) is 0 Å². The second kappa shape index (κ2) is 2.60. The SMILES string of the molecule is Cc1cc(NN)nc2[nH][nH]c(=O)c12. The molecule has 6 heteroatoms. The third-order valence-electron chi connectivity index (χ3n) is 1.89. The van der Waals surface area contributed by atoms with E-state index in [1.165, 1.54) is 0 Å². The summed E-state index contributed by atoms with van der Waals surface area (Å²) < 4.78 is 0. The molecule has 2 aromatic heterocycles. The van der Waals surface area contributed by atoms with E-state index in [0.717, 1.165) is 5.56 Å². The van der Waals surface area contributed by atoms with E-state index in [4.69, 9.17) is 5.84 Å². The van der Waals surface area contributed by atoms with Crippen LogP contribution >= 0.6 is 0 Å². The lowest BCUT2D eigenvalue weighted by Crippen LogP contribution is -2.09. The van der Waals surface area contributed by atoms with E-state index < -0.39 is 0 Å². The Morgan fingerprint density at radius 2 is 2.31 bits per heavy atom. The zero-order valence-corrected chi connectivity index (χ0v) is 7.01. The number of anilines is 1. The highest BCUT2D eigenvalue weighted by molar-refractivity contribution is 5.79. The molecule has 0 saturated carbocycles. The maximum Gasteiger partial charge on any atom is 0.273 e. The number of aryl methyl sites for hydroxylation is 1. The number of pyridine rings is 1. The van der Waals surface area contributed by atoms with Gasteiger partial charge in [0.2, 0.25) is 0 Å². The Bertz CT molecular complexity index is 497. The quantitative estimate of drug-likeness (QED) is 0.361. The van der Waals surface area contributed by atoms with Gasteiger partial charge in [-0.15, -0.1) is 0 Å². The Hall–Kier alpha value is -1.82. The molecule has 0 bridgehead atoms. The Labute approximate surface area is 73.1 Å². The molecule has 2 heterocycles. The molecule has 0 unspecified atom stereocenters. The lowest BCUT2D eigenvalue weighted by atomic mass is 10.2. The van der Waals surface area contributed by atoms with Crippen LogP contribution in [0.3, 0.4) is 0 Å². The van der Waals surface area contributed by atoms with Gasteiger partial charge < -0.3 is 5.43 Å². The number of hydrazine groups is 1. The number of nitrogens with zero attached hydrogens (tertiary/aromatic N) is 1. The van der Waals surface area contributed by atoms with Crippen molar-refractivity contribution in [2.24, 2.45) is 5.84 Å². The van der Waals surface area contributed by atoms with E-state index in [2.05, 4.69) is 20.6 Å². The minimum absolute atomic E-state index is 0.163. The first-order chi connectivity index (χ1) is 6.22. The number of nitrogen functional groups attached to an aromatic ring is 1. The zero-order valence-electron chi connectivity index (χ0n) is 7.01. The summed E-state index contributed by atoms with van der Waals surface area (Å²) >= 11 is 0. The maximum atomic E-state index is 11.2. The Morgan fingerprint density at radius 1 is 1.54 bits per heavy atom. The van der Waals surface area contributed by atoms with Crippen LogP contribution in [0.4, 0.5) is 5.82 Å². The van der Waals surface area contributed by atoms with Gasteiger partial charge in [-0.05, 0) is 18.6 Å². The number of nitrogens with one attached hydrogen (secondary N) is 3. The van der Waals surface area contributed by atoms with Crippen LogP contribution < -0.4 is 16.8 Å². The Kier molecular flexibility index (Phi) is 1.56. The van der Waals surface area contributed by atoms with Gasteiger partial charge in [-0.2, -0.15) is 0 Å². The van der Waals surface area contributed by atoms with E-state index in [1.807, 2.05) is 6.92 Å². The highest BCUT2D eigenvalue weighted by Gasteiger charge is 2.06. The molecule has 6 nitrogen and oxygen atoms in total. The molecule has 0 saturated heterocycles. The summed E-state index contributed by atoms with van der Waals surface area (Å²) in [6.07, 6.45) is 0. The van der Waals surface area contributed by atoms with Crippen molar-refractivity contribution in [2.75, 3.05) is 5.43 Å². The van der Waals surface area contributed by atoms with Crippen molar-refractivity contribution in [3.63, 3.8) is 0 Å². The average Bonchev–Trinajstić information content (AvgIpc) is 2.48. The molecular formula is C7H9N5O. The molecular weight excluding hydrogens is 170 g/mol. The third-order valence-corrected chi connectivity index (χ3v) is 1.89. The summed E-state index contributed by atoms with van der Waals surface area (Å²) in [5.74, 6) is 5.73. The largest absolute Gasteiger partial charge is 0.308 e. The molecule has 0 radical (unpaired) electrons.